The number of anilines is 3. The van der Waals surface area contributed by atoms with E-state index in [1.165, 1.54) is 0 Å². The maximum Gasteiger partial charge on any atom is 0.319 e. The number of hydrogen-bond donors (Lipinski definition) is 4. The van der Waals surface area contributed by atoms with Crippen molar-refractivity contribution in [2.24, 2.45) is 0 Å². The van der Waals surface area contributed by atoms with Crippen molar-refractivity contribution in [2.75, 3.05) is 16.4 Å². The minimum atomic E-state index is -0.317. The molecule has 30 heavy (non-hydrogen) atoms. The number of carbonyl (C=O) groups excluding carboxylic acids is 2. The number of aryl methyl sites for hydroxylation is 1. The van der Waals surface area contributed by atoms with Gasteiger partial charge in [-0.15, -0.1) is 0 Å². The van der Waals surface area contributed by atoms with Crippen molar-refractivity contribution in [1.29, 1.82) is 0 Å². The lowest BCUT2D eigenvalue weighted by atomic mass is 10.0. The molecule has 0 saturated carbocycles. The van der Waals surface area contributed by atoms with Crippen LogP contribution >= 0.6 is 11.6 Å². The minimum Gasteiger partial charge on any atom is -0.397 e. The average molecular weight is 421 g/mol. The fourth-order valence-corrected chi connectivity index (χ4v) is 3.78. The molecule has 3 aromatic rings. The molecule has 7 heteroatoms. The molecule has 0 heterocycles. The predicted molar refractivity (Wildman–Crippen MR) is 120 cm³/mol. The SMILES string of the molecule is Nc1ccccc1NC(=O)c1ccc2c(c1)CCC2NC(=O)Nc1ccccc1Cl. The van der Waals surface area contributed by atoms with Gasteiger partial charge >= 0.3 is 6.03 Å². The van der Waals surface area contributed by atoms with Gasteiger partial charge in [0.25, 0.3) is 5.91 Å². The van der Waals surface area contributed by atoms with Gasteiger partial charge in [-0.05, 0) is 60.4 Å². The van der Waals surface area contributed by atoms with Crippen LogP contribution < -0.4 is 21.7 Å². The molecule has 0 bridgehead atoms. The molecular formula is C23H21ClN4O2. The molecule has 0 fully saturated rings. The first-order chi connectivity index (χ1) is 14.5. The van der Waals surface area contributed by atoms with Crippen molar-refractivity contribution in [1.82, 2.24) is 5.32 Å². The Labute approximate surface area is 179 Å². The summed E-state index contributed by atoms with van der Waals surface area (Å²) in [7, 11) is 0. The lowest BCUT2D eigenvalue weighted by Crippen LogP contribution is -2.31. The molecule has 1 unspecified atom stereocenters. The summed E-state index contributed by atoms with van der Waals surface area (Å²) in [5.41, 5.74) is 10.2. The van der Waals surface area contributed by atoms with Crippen LogP contribution in [0.5, 0.6) is 0 Å². The molecule has 0 aliphatic heterocycles. The Kier molecular flexibility index (Phi) is 5.59. The van der Waals surface area contributed by atoms with Gasteiger partial charge in [-0.1, -0.05) is 41.9 Å². The van der Waals surface area contributed by atoms with Gasteiger partial charge in [0.1, 0.15) is 0 Å². The second-order valence-corrected chi connectivity index (χ2v) is 7.53. The van der Waals surface area contributed by atoms with E-state index in [0.717, 1.165) is 24.0 Å². The Morgan fingerprint density at radius 1 is 0.933 bits per heavy atom. The van der Waals surface area contributed by atoms with Gasteiger partial charge in [0.15, 0.2) is 0 Å². The maximum atomic E-state index is 12.6. The van der Waals surface area contributed by atoms with Gasteiger partial charge in [-0.25, -0.2) is 4.79 Å². The number of hydrogen-bond acceptors (Lipinski definition) is 3. The van der Waals surface area contributed by atoms with Crippen molar-refractivity contribution in [3.63, 3.8) is 0 Å². The Hall–Kier alpha value is -3.51. The molecule has 3 aromatic carbocycles. The van der Waals surface area contributed by atoms with Gasteiger partial charge < -0.3 is 21.7 Å². The quantitative estimate of drug-likeness (QED) is 0.448. The Balaban J connectivity index is 1.43. The van der Waals surface area contributed by atoms with E-state index in [4.69, 9.17) is 17.3 Å². The number of para-hydroxylation sites is 3. The maximum absolute atomic E-state index is 12.6. The molecule has 0 radical (unpaired) electrons. The molecule has 6 nitrogen and oxygen atoms in total. The summed E-state index contributed by atoms with van der Waals surface area (Å²) in [6, 6.07) is 19.3. The van der Waals surface area contributed by atoms with Gasteiger partial charge in [-0.3, -0.25) is 4.79 Å². The zero-order valence-electron chi connectivity index (χ0n) is 16.1. The zero-order valence-corrected chi connectivity index (χ0v) is 16.9. The van der Waals surface area contributed by atoms with Crippen LogP contribution in [0.4, 0.5) is 21.9 Å². The van der Waals surface area contributed by atoms with Crippen molar-refractivity contribution < 1.29 is 9.59 Å². The molecule has 4 rings (SSSR count). The fourth-order valence-electron chi connectivity index (χ4n) is 3.59. The largest absolute Gasteiger partial charge is 0.397 e. The highest BCUT2D eigenvalue weighted by atomic mass is 35.5. The van der Waals surface area contributed by atoms with Crippen LogP contribution in [0, 0.1) is 0 Å². The van der Waals surface area contributed by atoms with E-state index < -0.39 is 0 Å². The number of carbonyl (C=O) groups is 2. The summed E-state index contributed by atoms with van der Waals surface area (Å²) in [5.74, 6) is -0.219. The number of fused-ring (bicyclic) bond motifs is 1. The third kappa shape index (κ3) is 4.23. The Morgan fingerprint density at radius 2 is 1.67 bits per heavy atom. The second kappa shape index (κ2) is 8.47. The third-order valence-corrected chi connectivity index (χ3v) is 5.45. The summed E-state index contributed by atoms with van der Waals surface area (Å²) >= 11 is 6.09. The molecule has 0 aromatic heterocycles. The number of benzene rings is 3. The molecule has 3 amide bonds. The smallest absolute Gasteiger partial charge is 0.319 e. The average Bonchev–Trinajstić information content (AvgIpc) is 3.13. The molecule has 1 aliphatic rings. The van der Waals surface area contributed by atoms with Crippen molar-refractivity contribution in [3.8, 4) is 0 Å². The Morgan fingerprint density at radius 3 is 2.43 bits per heavy atom. The highest BCUT2D eigenvalue weighted by Gasteiger charge is 2.25. The van der Waals surface area contributed by atoms with Crippen molar-refractivity contribution in [2.45, 2.75) is 18.9 Å². The number of halogens is 1. The number of nitrogen functional groups attached to an aromatic ring is 1. The van der Waals surface area contributed by atoms with E-state index in [2.05, 4.69) is 16.0 Å². The normalized spacial score (nSPS) is 14.6. The molecule has 0 spiro atoms. The number of amides is 3. The van der Waals surface area contributed by atoms with Crippen LogP contribution in [0.2, 0.25) is 5.02 Å². The lowest BCUT2D eigenvalue weighted by Gasteiger charge is -2.16. The summed E-state index contributed by atoms with van der Waals surface area (Å²) < 4.78 is 0. The zero-order chi connectivity index (χ0) is 21.1. The number of nitrogens with two attached hydrogens (primary N) is 1. The molecular weight excluding hydrogens is 400 g/mol. The first kappa shape index (κ1) is 19.8. The van der Waals surface area contributed by atoms with Crippen LogP contribution in [-0.4, -0.2) is 11.9 Å². The highest BCUT2D eigenvalue weighted by molar-refractivity contribution is 6.33. The van der Waals surface area contributed by atoms with Gasteiger partial charge in [0.2, 0.25) is 0 Å². The number of nitrogens with one attached hydrogen (secondary N) is 3. The number of rotatable bonds is 4. The van der Waals surface area contributed by atoms with Crippen LogP contribution in [0.1, 0.15) is 33.9 Å². The van der Waals surface area contributed by atoms with Crippen molar-refractivity contribution in [3.05, 3.63) is 88.4 Å². The van der Waals surface area contributed by atoms with E-state index in [1.54, 1.807) is 36.4 Å². The molecule has 1 aliphatic carbocycles. The molecule has 0 saturated heterocycles. The summed E-state index contributed by atoms with van der Waals surface area (Å²) in [6.07, 6.45) is 1.54. The van der Waals surface area contributed by atoms with E-state index in [0.29, 0.717) is 27.6 Å². The second-order valence-electron chi connectivity index (χ2n) is 7.12. The van der Waals surface area contributed by atoms with Gasteiger partial charge in [0, 0.05) is 5.56 Å². The minimum absolute atomic E-state index is 0.121. The summed E-state index contributed by atoms with van der Waals surface area (Å²) in [5, 5.41) is 9.07. The van der Waals surface area contributed by atoms with Crippen LogP contribution in [0.25, 0.3) is 0 Å². The number of urea groups is 1. The monoisotopic (exact) mass is 420 g/mol. The van der Waals surface area contributed by atoms with Crippen LogP contribution in [-0.2, 0) is 6.42 Å². The first-order valence-corrected chi connectivity index (χ1v) is 10.00. The van der Waals surface area contributed by atoms with Crippen LogP contribution in [0.15, 0.2) is 66.7 Å². The van der Waals surface area contributed by atoms with E-state index in [-0.39, 0.29) is 18.0 Å². The third-order valence-electron chi connectivity index (χ3n) is 5.12. The van der Waals surface area contributed by atoms with Gasteiger partial charge in [-0.2, -0.15) is 0 Å². The molecule has 5 N–H and O–H groups in total. The van der Waals surface area contributed by atoms with Gasteiger partial charge in [0.05, 0.1) is 28.1 Å². The lowest BCUT2D eigenvalue weighted by molar-refractivity contribution is 0.102. The van der Waals surface area contributed by atoms with Crippen LogP contribution in [0.3, 0.4) is 0 Å². The summed E-state index contributed by atoms with van der Waals surface area (Å²) in [6.45, 7) is 0. The predicted octanol–water partition coefficient (Wildman–Crippen LogP) is 4.98. The van der Waals surface area contributed by atoms with E-state index >= 15 is 0 Å². The highest BCUT2D eigenvalue weighted by Crippen LogP contribution is 2.32. The Bertz CT molecular complexity index is 1120. The fraction of sp³-hybridized carbons (Fsp3) is 0.130. The molecule has 1 atom stereocenters. The first-order valence-electron chi connectivity index (χ1n) is 9.62. The standard InChI is InChI=1S/C23H21ClN4O2/c24-17-5-1-3-7-20(17)28-23(30)27-19-12-10-14-13-15(9-11-16(14)19)22(29)26-21-8-4-2-6-18(21)25/h1-9,11,13,19H,10,12,25H2,(H,26,29)(H2,27,28,30). The topological polar surface area (TPSA) is 96.2 Å². The van der Waals surface area contributed by atoms with E-state index in [9.17, 15) is 9.59 Å². The van der Waals surface area contributed by atoms with Crippen molar-refractivity contribution >= 4 is 40.6 Å². The summed E-state index contributed by atoms with van der Waals surface area (Å²) in [4.78, 5) is 25.0. The molecule has 152 valence electrons. The van der Waals surface area contributed by atoms with E-state index in [1.807, 2.05) is 30.3 Å².